The second kappa shape index (κ2) is 17.3. The zero-order valence-electron chi connectivity index (χ0n) is 33.1. The first kappa shape index (κ1) is 41.5. The van der Waals surface area contributed by atoms with Crippen LogP contribution in [0, 0.1) is 28.6 Å². The topological polar surface area (TPSA) is 157 Å². The molecule has 1 aromatic rings. The summed E-state index contributed by atoms with van der Waals surface area (Å²) in [5, 5.41) is 11.4. The van der Waals surface area contributed by atoms with Crippen molar-refractivity contribution in [2.75, 3.05) is 19.6 Å². The van der Waals surface area contributed by atoms with Crippen LogP contribution in [0.1, 0.15) is 110 Å². The van der Waals surface area contributed by atoms with Gasteiger partial charge in [0.15, 0.2) is 0 Å². The molecule has 292 valence electrons. The van der Waals surface area contributed by atoms with Gasteiger partial charge in [-0.25, -0.2) is 4.79 Å². The molecule has 12 heteroatoms. The number of ketones is 1. The zero-order chi connectivity index (χ0) is 39.2. The predicted octanol–water partition coefficient (Wildman–Crippen LogP) is 4.58. The summed E-state index contributed by atoms with van der Waals surface area (Å²) in [5.41, 5.74) is 0.448. The molecule has 2 aliphatic heterocycles. The minimum Gasteiger partial charge on any atom is -0.346 e. The third kappa shape index (κ3) is 10.5. The van der Waals surface area contributed by atoms with E-state index < -0.39 is 64.5 Å². The lowest BCUT2D eigenvalue weighted by Crippen LogP contribution is -2.61. The number of likely N-dealkylation sites (tertiary alicyclic amines) is 1. The van der Waals surface area contributed by atoms with Gasteiger partial charge >= 0.3 is 6.03 Å². The monoisotopic (exact) mass is 734 g/mol. The molecule has 4 rings (SSSR count). The van der Waals surface area contributed by atoms with E-state index in [2.05, 4.69) is 27.8 Å². The summed E-state index contributed by atoms with van der Waals surface area (Å²) in [5.74, 6) is -1.81. The molecule has 1 unspecified atom stereocenters. The van der Waals surface area contributed by atoms with Gasteiger partial charge in [-0.05, 0) is 59.5 Å². The molecule has 2 heterocycles. The van der Waals surface area contributed by atoms with Crippen LogP contribution in [0.15, 0.2) is 36.9 Å². The highest BCUT2D eigenvalue weighted by molar-refractivity contribution is 6.38. The van der Waals surface area contributed by atoms with Crippen molar-refractivity contribution < 1.29 is 28.8 Å². The summed E-state index contributed by atoms with van der Waals surface area (Å²) in [4.78, 5) is 84.9. The number of urea groups is 1. The van der Waals surface area contributed by atoms with E-state index in [-0.39, 0.29) is 30.8 Å². The molecular weight excluding hydrogens is 672 g/mol. The van der Waals surface area contributed by atoms with Crippen LogP contribution in [0.25, 0.3) is 0 Å². The van der Waals surface area contributed by atoms with Crippen molar-refractivity contribution in [1.29, 1.82) is 0 Å². The third-order valence-corrected chi connectivity index (χ3v) is 11.3. The number of carbonyl (C=O) groups excluding carboxylic acids is 6. The fourth-order valence-corrected chi connectivity index (χ4v) is 7.34. The van der Waals surface area contributed by atoms with Crippen molar-refractivity contribution in [3.8, 4) is 0 Å². The minimum atomic E-state index is -1.02. The van der Waals surface area contributed by atoms with E-state index in [1.165, 1.54) is 6.08 Å². The first-order valence-corrected chi connectivity index (χ1v) is 19.3. The number of nitrogens with zero attached hydrogens (tertiary/aromatic N) is 2. The summed E-state index contributed by atoms with van der Waals surface area (Å²) in [6.07, 6.45) is 6.19. The van der Waals surface area contributed by atoms with Crippen LogP contribution < -0.4 is 21.3 Å². The molecule has 5 atom stereocenters. The zero-order valence-corrected chi connectivity index (χ0v) is 33.1. The van der Waals surface area contributed by atoms with Gasteiger partial charge < -0.3 is 31.1 Å². The predicted molar refractivity (Wildman–Crippen MR) is 205 cm³/mol. The van der Waals surface area contributed by atoms with E-state index in [9.17, 15) is 28.8 Å². The van der Waals surface area contributed by atoms with Gasteiger partial charge in [-0.3, -0.25) is 24.0 Å². The number of nitrogens with one attached hydrogen (secondary N) is 4. The maximum Gasteiger partial charge on any atom is 0.315 e. The lowest BCUT2D eigenvalue weighted by molar-refractivity contribution is -0.143. The maximum absolute atomic E-state index is 14.6. The Hall–Kier alpha value is -4.22. The van der Waals surface area contributed by atoms with Gasteiger partial charge in [0.25, 0.3) is 11.8 Å². The van der Waals surface area contributed by atoms with E-state index in [0.29, 0.717) is 43.8 Å². The number of amides is 6. The molecule has 1 saturated carbocycles. The third-order valence-electron chi connectivity index (χ3n) is 11.3. The Labute approximate surface area is 315 Å². The largest absolute Gasteiger partial charge is 0.346 e. The van der Waals surface area contributed by atoms with Crippen LogP contribution in [-0.4, -0.2) is 89.0 Å². The maximum atomic E-state index is 14.6. The molecule has 0 radical (unpaired) electrons. The molecule has 6 amide bonds. The normalized spacial score (nSPS) is 20.6. The number of Topliss-reactive ketones (excluding diaryl/α,β-unsaturated/α-hetero) is 1. The Morgan fingerprint density at radius 3 is 2.21 bits per heavy atom. The van der Waals surface area contributed by atoms with Crippen LogP contribution in [0.5, 0.6) is 0 Å². The van der Waals surface area contributed by atoms with Gasteiger partial charge in [0.2, 0.25) is 17.6 Å². The lowest BCUT2D eigenvalue weighted by Gasteiger charge is -2.38. The van der Waals surface area contributed by atoms with E-state index in [0.717, 1.165) is 24.8 Å². The number of hydrogen-bond donors (Lipinski definition) is 4. The minimum absolute atomic E-state index is 0.0107. The van der Waals surface area contributed by atoms with Crippen molar-refractivity contribution >= 4 is 35.4 Å². The molecule has 1 aromatic carbocycles. The van der Waals surface area contributed by atoms with E-state index in [1.807, 2.05) is 79.7 Å². The summed E-state index contributed by atoms with van der Waals surface area (Å²) < 4.78 is 0. The highest BCUT2D eigenvalue weighted by Gasteiger charge is 2.46. The Morgan fingerprint density at radius 1 is 0.962 bits per heavy atom. The van der Waals surface area contributed by atoms with Gasteiger partial charge in [0, 0.05) is 31.7 Å². The SMILES string of the molecule is C=CCNC(=O)C(=O)C(CCC1CCC1)NC(=O)[C@@H]1C[C@@H](C(C)C)CN1C(=O)[C@@H](NC(=O)N[C@H](CN1Cc2ccccc2C1=O)C(C)(C)C)C(C)(C)C. The summed E-state index contributed by atoms with van der Waals surface area (Å²) in [6.45, 7) is 20.4. The molecule has 0 spiro atoms. The molecule has 1 saturated heterocycles. The average Bonchev–Trinajstić information content (AvgIpc) is 3.65. The molecule has 3 aliphatic rings. The van der Waals surface area contributed by atoms with E-state index in [4.69, 9.17) is 0 Å². The number of benzene rings is 1. The van der Waals surface area contributed by atoms with Crippen molar-refractivity contribution in [2.24, 2.45) is 28.6 Å². The Morgan fingerprint density at radius 2 is 1.64 bits per heavy atom. The number of hydrogen-bond acceptors (Lipinski definition) is 6. The van der Waals surface area contributed by atoms with Gasteiger partial charge in [-0.1, -0.05) is 98.9 Å². The van der Waals surface area contributed by atoms with Crippen molar-refractivity contribution in [3.63, 3.8) is 0 Å². The molecule has 4 N–H and O–H groups in total. The van der Waals surface area contributed by atoms with Gasteiger partial charge in [0.1, 0.15) is 12.1 Å². The van der Waals surface area contributed by atoms with Gasteiger partial charge in [-0.15, -0.1) is 6.58 Å². The summed E-state index contributed by atoms with van der Waals surface area (Å²) in [6, 6.07) is 3.61. The second-order valence-corrected chi connectivity index (χ2v) is 17.7. The molecule has 0 bridgehead atoms. The number of fused-ring (bicyclic) bond motifs is 1. The average molecular weight is 735 g/mol. The molecule has 0 aromatic heterocycles. The highest BCUT2D eigenvalue weighted by Crippen LogP contribution is 2.34. The fourth-order valence-electron chi connectivity index (χ4n) is 7.34. The van der Waals surface area contributed by atoms with Crippen molar-refractivity contribution in [3.05, 3.63) is 48.0 Å². The standard InChI is InChI=1S/C41H62N6O6/c1-10-20-42-36(50)33(48)30(19-18-26-14-13-15-26)43-35(49)31-21-28(25(2)3)23-47(31)38(52)34(41(7,8)9)45-39(53)44-32(40(4,5)6)24-46-22-27-16-11-12-17-29(27)37(46)51/h10-12,16-17,25-26,28,30-32,34H,1,13-15,18-24H2,2-9H3,(H,42,50)(H,43,49)(H2,44,45,53)/t28-,30?,31+,32-,34-/m1/s1. The first-order valence-electron chi connectivity index (χ1n) is 19.3. The van der Waals surface area contributed by atoms with Crippen molar-refractivity contribution in [1.82, 2.24) is 31.1 Å². The Kier molecular flexibility index (Phi) is 13.5. The first-order chi connectivity index (χ1) is 24.8. The molecule has 2 fully saturated rings. The highest BCUT2D eigenvalue weighted by atomic mass is 16.2. The molecule has 53 heavy (non-hydrogen) atoms. The van der Waals surface area contributed by atoms with Crippen LogP contribution in [-0.2, 0) is 25.7 Å². The van der Waals surface area contributed by atoms with Crippen molar-refractivity contribution in [2.45, 2.75) is 125 Å². The van der Waals surface area contributed by atoms with E-state index in [1.54, 1.807) is 9.80 Å². The quantitative estimate of drug-likeness (QED) is 0.153. The van der Waals surface area contributed by atoms with Crippen LogP contribution >= 0.6 is 0 Å². The second-order valence-electron chi connectivity index (χ2n) is 17.7. The van der Waals surface area contributed by atoms with Crippen LogP contribution in [0.2, 0.25) is 0 Å². The fraction of sp³-hybridized carbons (Fsp3) is 0.659. The Bertz CT molecular complexity index is 1540. The number of carbonyl (C=O) groups is 6. The smallest absolute Gasteiger partial charge is 0.315 e. The van der Waals surface area contributed by atoms with Crippen LogP contribution in [0.4, 0.5) is 4.79 Å². The lowest BCUT2D eigenvalue weighted by atomic mass is 9.81. The van der Waals surface area contributed by atoms with Gasteiger partial charge in [0.05, 0.1) is 12.1 Å². The molecular formula is C41H62N6O6. The number of rotatable bonds is 15. The summed E-state index contributed by atoms with van der Waals surface area (Å²) in [7, 11) is 0. The van der Waals surface area contributed by atoms with E-state index >= 15 is 0 Å². The molecule has 1 aliphatic carbocycles. The summed E-state index contributed by atoms with van der Waals surface area (Å²) >= 11 is 0. The molecule has 12 nitrogen and oxygen atoms in total. The Balaban J connectivity index is 1.51. The van der Waals surface area contributed by atoms with Crippen LogP contribution in [0.3, 0.4) is 0 Å². The van der Waals surface area contributed by atoms with Gasteiger partial charge in [-0.2, -0.15) is 0 Å².